The summed E-state index contributed by atoms with van der Waals surface area (Å²) < 4.78 is 54.2. The number of hydrogen-bond donors (Lipinski definition) is 1. The summed E-state index contributed by atoms with van der Waals surface area (Å²) in [7, 11) is -4.91. The van der Waals surface area contributed by atoms with Gasteiger partial charge in [0.05, 0.1) is 49.2 Å². The molecule has 0 radical (unpaired) electrons. The molecule has 5 aliphatic heterocycles. The first kappa shape index (κ1) is 57.4. The molecule has 12 nitrogen and oxygen atoms in total. The summed E-state index contributed by atoms with van der Waals surface area (Å²) in [6.45, 7) is 22.6. The summed E-state index contributed by atoms with van der Waals surface area (Å²) in [6.07, 6.45) is 11.5. The lowest BCUT2D eigenvalue weighted by Crippen LogP contribution is -2.48. The van der Waals surface area contributed by atoms with E-state index >= 15 is 0 Å². The molecular formula is C48H73N5O7S8Si2. The number of aromatic nitrogens is 4. The number of hydrogen-bond acceptors (Lipinski definition) is 19. The van der Waals surface area contributed by atoms with E-state index in [9.17, 15) is 0 Å². The first-order valence-corrected chi connectivity index (χ1v) is 35.6. The van der Waals surface area contributed by atoms with Gasteiger partial charge in [0.1, 0.15) is 24.2 Å². The number of thioether (sulfide) groups is 8. The molecule has 2 aromatic heterocycles. The largest absolute Gasteiger partial charge is 0.394 e. The molecule has 2 N–H and O–H groups in total. The van der Waals surface area contributed by atoms with Crippen LogP contribution in [0.1, 0.15) is 119 Å². The highest BCUT2D eigenvalue weighted by Crippen LogP contribution is 2.55. The number of ether oxygens (including phenoxy) is 3. The van der Waals surface area contributed by atoms with Crippen molar-refractivity contribution in [2.45, 2.75) is 154 Å². The summed E-state index contributed by atoms with van der Waals surface area (Å²) in [5.74, 6) is 0.357. The van der Waals surface area contributed by atoms with Crippen molar-refractivity contribution in [1.29, 1.82) is 0 Å². The number of nitrogen functional groups attached to an aromatic ring is 1. The molecule has 0 aliphatic carbocycles. The number of nitrogens with zero attached hydrogens (tertiary/aromatic N) is 4. The van der Waals surface area contributed by atoms with Crippen LogP contribution >= 0.6 is 94.1 Å². The zero-order valence-corrected chi connectivity index (χ0v) is 50.5. The summed E-state index contributed by atoms with van der Waals surface area (Å²) in [5.41, 5.74) is 8.79. The second-order valence-corrected chi connectivity index (χ2v) is 36.3. The van der Waals surface area contributed by atoms with Crippen molar-refractivity contribution in [3.05, 3.63) is 71.9 Å². The van der Waals surface area contributed by atoms with Gasteiger partial charge in [-0.2, -0.15) is 0 Å². The van der Waals surface area contributed by atoms with Crippen LogP contribution in [0.4, 0.5) is 5.82 Å². The predicted octanol–water partition coefficient (Wildman–Crippen LogP) is 15.6. The SMILES string of the molecule is CC(C)[Si](OCCCCCCOC[C@H]1O[C@@H](n2cnc3c(N)ncnc32)C[C@@H]1OCCCCCCO[Si](OCC1=CSC(=C2SC=CS2)S1)(C(C)C)C(C)C)(OCC1=CSC(=C2SC=CS2)S1)C(C)C. The van der Waals surface area contributed by atoms with E-state index in [1.165, 1.54) is 33.1 Å². The van der Waals surface area contributed by atoms with Crippen LogP contribution in [0.2, 0.25) is 22.2 Å². The standard InChI is InChI=1S/C48H73N5O7S8Si2/c1-33(2)69(34(3)4,58-26-37-29-65-47(67-37)45-61-21-22-62-45)56-19-15-11-9-13-17-54-28-40-39(25-41(60-40)53-32-52-42-43(49)50-31-51-44(42)53)55-18-14-10-12-16-20-57-70(35(5)6,36(7)8)59-27-38-30-66-48(68-38)46-63-23-24-64-46/h21-24,29-36,39-41H,9-20,25-28H2,1-8H3,(H2,49,50,51)/t39-,40+,41+/m0/s1. The van der Waals surface area contributed by atoms with E-state index in [4.69, 9.17) is 37.6 Å². The van der Waals surface area contributed by atoms with Crippen LogP contribution in [0.25, 0.3) is 11.2 Å². The maximum absolute atomic E-state index is 6.83. The Morgan fingerprint density at radius 3 is 1.63 bits per heavy atom. The zero-order chi connectivity index (χ0) is 49.5. The van der Waals surface area contributed by atoms with Crippen molar-refractivity contribution < 1.29 is 31.9 Å². The van der Waals surface area contributed by atoms with E-state index in [-0.39, 0.29) is 18.4 Å². The molecule has 1 fully saturated rings. The monoisotopic (exact) mass is 1140 g/mol. The van der Waals surface area contributed by atoms with E-state index in [2.05, 4.69) is 103 Å². The van der Waals surface area contributed by atoms with Gasteiger partial charge in [0.25, 0.3) is 0 Å². The lowest BCUT2D eigenvalue weighted by molar-refractivity contribution is -0.0765. The molecule has 0 aromatic carbocycles. The molecule has 7 rings (SSSR count). The predicted molar refractivity (Wildman–Crippen MR) is 311 cm³/mol. The van der Waals surface area contributed by atoms with Crippen LogP contribution in [-0.4, -0.2) is 95.1 Å². The second-order valence-electron chi connectivity index (χ2n) is 18.9. The van der Waals surface area contributed by atoms with Crippen LogP contribution in [0.3, 0.4) is 0 Å². The molecule has 0 saturated carbocycles. The fourth-order valence-corrected chi connectivity index (χ4v) is 25.2. The Morgan fingerprint density at radius 1 is 0.614 bits per heavy atom. The van der Waals surface area contributed by atoms with Crippen LogP contribution in [0.15, 0.2) is 71.9 Å². The van der Waals surface area contributed by atoms with Gasteiger partial charge in [0.15, 0.2) is 11.5 Å². The van der Waals surface area contributed by atoms with E-state index in [1.807, 2.05) is 98.7 Å². The number of nitrogens with two attached hydrogens (primary N) is 1. The Hall–Kier alpha value is -0.256. The fraction of sp³-hybridized carbons (Fsp3) is 0.646. The van der Waals surface area contributed by atoms with Gasteiger partial charge in [-0.1, -0.05) is 175 Å². The molecule has 0 unspecified atom stereocenters. The molecule has 388 valence electrons. The molecule has 2 aromatic rings. The third kappa shape index (κ3) is 15.5. The molecule has 22 heteroatoms. The van der Waals surface area contributed by atoms with Crippen LogP contribution < -0.4 is 5.73 Å². The van der Waals surface area contributed by atoms with Crippen molar-refractivity contribution in [1.82, 2.24) is 19.5 Å². The Kier molecular flexibility index (Phi) is 23.6. The van der Waals surface area contributed by atoms with Gasteiger partial charge in [0.2, 0.25) is 0 Å². The van der Waals surface area contributed by atoms with Gasteiger partial charge >= 0.3 is 17.1 Å². The van der Waals surface area contributed by atoms with Crippen LogP contribution in [-0.2, 0) is 31.9 Å². The summed E-state index contributed by atoms with van der Waals surface area (Å²) in [6, 6.07) is 0. The Balaban J connectivity index is 0.810. The Morgan fingerprint density at radius 2 is 1.11 bits per heavy atom. The third-order valence-corrected chi connectivity index (χ3v) is 31.7. The van der Waals surface area contributed by atoms with Crippen molar-refractivity contribution >= 4 is 128 Å². The van der Waals surface area contributed by atoms with E-state index in [1.54, 1.807) is 6.33 Å². The Labute approximate surface area is 453 Å². The number of rotatable bonds is 30. The minimum Gasteiger partial charge on any atom is -0.394 e. The molecule has 0 spiro atoms. The zero-order valence-electron chi connectivity index (χ0n) is 42.0. The van der Waals surface area contributed by atoms with Gasteiger partial charge in [-0.3, -0.25) is 4.57 Å². The molecule has 0 amide bonds. The van der Waals surface area contributed by atoms with Crippen LogP contribution in [0, 0.1) is 0 Å². The van der Waals surface area contributed by atoms with Gasteiger partial charge in [-0.05, 0) is 80.3 Å². The van der Waals surface area contributed by atoms with Crippen molar-refractivity contribution in [2.75, 3.05) is 52.0 Å². The van der Waals surface area contributed by atoms with Crippen molar-refractivity contribution in [2.24, 2.45) is 0 Å². The molecule has 7 heterocycles. The fourth-order valence-electron chi connectivity index (χ4n) is 9.00. The molecule has 0 bridgehead atoms. The topological polar surface area (TPSA) is 134 Å². The second kappa shape index (κ2) is 28.8. The van der Waals surface area contributed by atoms with Gasteiger partial charge in [-0.15, -0.1) is 0 Å². The molecule has 1 saturated heterocycles. The average molecular weight is 1140 g/mol. The molecule has 5 aliphatic rings. The maximum atomic E-state index is 6.83. The molecular weight excluding hydrogens is 1070 g/mol. The highest BCUT2D eigenvalue weighted by molar-refractivity contribution is 8.34. The lowest BCUT2D eigenvalue weighted by atomic mass is 10.1. The first-order chi connectivity index (χ1) is 33.9. The van der Waals surface area contributed by atoms with E-state index < -0.39 is 17.1 Å². The van der Waals surface area contributed by atoms with Gasteiger partial charge in [0, 0.05) is 42.7 Å². The quantitative estimate of drug-likeness (QED) is 0.0587. The number of unbranched alkanes of at least 4 members (excludes halogenated alkanes) is 6. The number of fused-ring (bicyclic) bond motifs is 1. The third-order valence-electron chi connectivity index (χ3n) is 12.7. The van der Waals surface area contributed by atoms with E-state index in [0.29, 0.717) is 78.6 Å². The smallest absolute Gasteiger partial charge is 0.343 e. The number of anilines is 1. The Bertz CT molecular complexity index is 2170. The van der Waals surface area contributed by atoms with Crippen molar-refractivity contribution in [3.8, 4) is 0 Å². The minimum atomic E-state index is -2.46. The van der Waals surface area contributed by atoms with E-state index in [0.717, 1.165) is 64.6 Å². The lowest BCUT2D eigenvalue weighted by Gasteiger charge is -2.37. The van der Waals surface area contributed by atoms with Gasteiger partial charge in [-0.25, -0.2) is 15.0 Å². The van der Waals surface area contributed by atoms with Crippen molar-refractivity contribution in [3.63, 3.8) is 0 Å². The first-order valence-electron chi connectivity index (χ1n) is 24.8. The summed E-state index contributed by atoms with van der Waals surface area (Å²) >= 11 is 14.6. The highest BCUT2D eigenvalue weighted by atomic mass is 32.2. The summed E-state index contributed by atoms with van der Waals surface area (Å²) in [5, 5.41) is 13.1. The molecule has 3 atom stereocenters. The minimum absolute atomic E-state index is 0.119. The van der Waals surface area contributed by atoms with Crippen LogP contribution in [0.5, 0.6) is 0 Å². The maximum Gasteiger partial charge on any atom is 0.343 e. The normalized spacial score (nSPS) is 21.0. The summed E-state index contributed by atoms with van der Waals surface area (Å²) in [4.78, 5) is 15.7. The number of imidazole rings is 1. The highest BCUT2D eigenvalue weighted by Gasteiger charge is 2.46. The molecule has 70 heavy (non-hydrogen) atoms. The average Bonchev–Trinajstić information content (AvgIpc) is 4.20. The van der Waals surface area contributed by atoms with Gasteiger partial charge < -0.3 is 37.6 Å².